The number of nitrogens with one attached hydrogen (secondary N) is 2. The van der Waals surface area contributed by atoms with Crippen LogP contribution in [0, 0.1) is 0 Å². The Labute approximate surface area is 94.9 Å². The number of urea groups is 1. The monoisotopic (exact) mass is 229 g/mol. The van der Waals surface area contributed by atoms with Gasteiger partial charge in [0.2, 0.25) is 0 Å². The summed E-state index contributed by atoms with van der Waals surface area (Å²) in [4.78, 5) is 22.4. The average molecular weight is 229 g/mol. The minimum Gasteiger partial charge on any atom is -0.365 e. The predicted octanol–water partition coefficient (Wildman–Crippen LogP) is -0.273. The molecule has 3 amide bonds. The van der Waals surface area contributed by atoms with E-state index >= 15 is 0 Å². The molecule has 0 spiro atoms. The van der Waals surface area contributed by atoms with Gasteiger partial charge in [-0.25, -0.2) is 4.79 Å². The van der Waals surface area contributed by atoms with Crippen LogP contribution in [-0.2, 0) is 9.53 Å². The van der Waals surface area contributed by atoms with Crippen molar-refractivity contribution in [1.29, 1.82) is 0 Å². The number of rotatable bonds is 3. The Kier molecular flexibility index (Phi) is 4.70. The number of hydrogen-bond donors (Lipinski definition) is 3. The van der Waals surface area contributed by atoms with Crippen molar-refractivity contribution < 1.29 is 14.3 Å². The molecule has 0 heterocycles. The summed E-state index contributed by atoms with van der Waals surface area (Å²) in [5, 5.41) is 4.47. The van der Waals surface area contributed by atoms with Crippen molar-refractivity contribution in [3.63, 3.8) is 0 Å². The van der Waals surface area contributed by atoms with Crippen LogP contribution in [0.25, 0.3) is 0 Å². The van der Waals surface area contributed by atoms with E-state index in [0.29, 0.717) is 0 Å². The van der Waals surface area contributed by atoms with Gasteiger partial charge in [-0.1, -0.05) is 0 Å². The third kappa shape index (κ3) is 3.79. The molecular weight excluding hydrogens is 210 g/mol. The van der Waals surface area contributed by atoms with Crippen molar-refractivity contribution in [3.8, 4) is 0 Å². The third-order valence-corrected chi connectivity index (χ3v) is 2.65. The van der Waals surface area contributed by atoms with Crippen molar-refractivity contribution in [2.24, 2.45) is 5.73 Å². The van der Waals surface area contributed by atoms with Gasteiger partial charge in [-0.05, 0) is 26.2 Å². The summed E-state index contributed by atoms with van der Waals surface area (Å²) in [6.45, 7) is 1.63. The van der Waals surface area contributed by atoms with Gasteiger partial charge in [0.25, 0.3) is 5.91 Å². The van der Waals surface area contributed by atoms with Gasteiger partial charge in [0.15, 0.2) is 0 Å². The van der Waals surface area contributed by atoms with E-state index in [1.165, 1.54) is 7.05 Å². The summed E-state index contributed by atoms with van der Waals surface area (Å²) < 4.78 is 5.52. The Balaban J connectivity index is 2.31. The minimum absolute atomic E-state index is 0.0282. The van der Waals surface area contributed by atoms with E-state index in [4.69, 9.17) is 10.5 Å². The Morgan fingerprint density at radius 1 is 1.44 bits per heavy atom. The van der Waals surface area contributed by atoms with Gasteiger partial charge in [0, 0.05) is 13.1 Å². The molecule has 0 bridgehead atoms. The van der Waals surface area contributed by atoms with Crippen molar-refractivity contribution in [2.75, 3.05) is 7.05 Å². The Morgan fingerprint density at radius 3 is 2.62 bits per heavy atom. The summed E-state index contributed by atoms with van der Waals surface area (Å²) in [5.74, 6) is -0.431. The molecule has 6 heteroatoms. The zero-order chi connectivity index (χ0) is 12.1. The van der Waals surface area contributed by atoms with Crippen LogP contribution in [0.1, 0.15) is 26.2 Å². The first-order valence-corrected chi connectivity index (χ1v) is 5.46. The van der Waals surface area contributed by atoms with Crippen LogP contribution < -0.4 is 16.4 Å². The first kappa shape index (κ1) is 12.9. The number of nitrogens with two attached hydrogens (primary N) is 1. The first-order chi connectivity index (χ1) is 7.52. The van der Waals surface area contributed by atoms with Crippen molar-refractivity contribution in [1.82, 2.24) is 10.6 Å². The summed E-state index contributed by atoms with van der Waals surface area (Å²) in [6.07, 6.45) is 1.97. The van der Waals surface area contributed by atoms with Gasteiger partial charge in [-0.3, -0.25) is 10.1 Å². The normalized spacial score (nSPS) is 26.2. The molecule has 1 saturated carbocycles. The van der Waals surface area contributed by atoms with E-state index in [0.717, 1.165) is 19.3 Å². The molecule has 4 N–H and O–H groups in total. The van der Waals surface area contributed by atoms with Crippen LogP contribution in [0.2, 0.25) is 0 Å². The van der Waals surface area contributed by atoms with E-state index in [1.807, 2.05) is 0 Å². The highest BCUT2D eigenvalue weighted by Gasteiger charge is 2.26. The fraction of sp³-hybridized carbons (Fsp3) is 0.800. The lowest BCUT2D eigenvalue weighted by Crippen LogP contribution is -2.43. The van der Waals surface area contributed by atoms with E-state index < -0.39 is 18.0 Å². The lowest BCUT2D eigenvalue weighted by atomic mass is 10.2. The summed E-state index contributed by atoms with van der Waals surface area (Å²) in [6, 6.07) is -0.359. The SMILES string of the molecule is CNC(=O)NC(=O)C(C)OC1CCC(N)C1. The van der Waals surface area contributed by atoms with Crippen LogP contribution in [0.3, 0.4) is 0 Å². The van der Waals surface area contributed by atoms with Crippen LogP contribution in [0.15, 0.2) is 0 Å². The zero-order valence-corrected chi connectivity index (χ0v) is 9.66. The maximum atomic E-state index is 11.5. The fourth-order valence-corrected chi connectivity index (χ4v) is 1.72. The van der Waals surface area contributed by atoms with E-state index in [1.54, 1.807) is 6.92 Å². The van der Waals surface area contributed by atoms with Crippen molar-refractivity contribution in [2.45, 2.75) is 44.4 Å². The molecule has 1 rings (SSSR count). The van der Waals surface area contributed by atoms with Gasteiger partial charge >= 0.3 is 6.03 Å². The van der Waals surface area contributed by atoms with Crippen LogP contribution in [0.4, 0.5) is 4.79 Å². The molecule has 0 aromatic carbocycles. The second-order valence-electron chi connectivity index (χ2n) is 4.04. The highest BCUT2D eigenvalue weighted by molar-refractivity contribution is 5.96. The Hall–Kier alpha value is -1.14. The van der Waals surface area contributed by atoms with E-state index in [-0.39, 0.29) is 12.1 Å². The highest BCUT2D eigenvalue weighted by Crippen LogP contribution is 2.21. The zero-order valence-electron chi connectivity index (χ0n) is 9.66. The number of ether oxygens (including phenoxy) is 1. The molecule has 0 radical (unpaired) electrons. The minimum atomic E-state index is -0.632. The summed E-state index contributed by atoms with van der Waals surface area (Å²) in [5.41, 5.74) is 5.73. The molecule has 3 unspecified atom stereocenters. The molecule has 92 valence electrons. The fourth-order valence-electron chi connectivity index (χ4n) is 1.72. The smallest absolute Gasteiger partial charge is 0.321 e. The highest BCUT2D eigenvalue weighted by atomic mass is 16.5. The number of amides is 3. The predicted molar refractivity (Wildman–Crippen MR) is 58.8 cm³/mol. The van der Waals surface area contributed by atoms with Crippen LogP contribution >= 0.6 is 0 Å². The number of hydrogen-bond acceptors (Lipinski definition) is 4. The molecule has 1 aliphatic carbocycles. The molecule has 6 nitrogen and oxygen atoms in total. The topological polar surface area (TPSA) is 93.5 Å². The third-order valence-electron chi connectivity index (χ3n) is 2.65. The Bertz CT molecular complexity index is 270. The molecule has 0 saturated heterocycles. The van der Waals surface area contributed by atoms with E-state index in [9.17, 15) is 9.59 Å². The molecule has 1 aliphatic rings. The largest absolute Gasteiger partial charge is 0.365 e. The standard InChI is InChI=1S/C10H19N3O3/c1-6(9(14)13-10(15)12-2)16-8-4-3-7(11)5-8/h6-8H,3-5,11H2,1-2H3,(H2,12,13,14,15). The first-order valence-electron chi connectivity index (χ1n) is 5.46. The van der Waals surface area contributed by atoms with Crippen LogP contribution in [0.5, 0.6) is 0 Å². The Morgan fingerprint density at radius 2 is 2.12 bits per heavy atom. The quantitative estimate of drug-likeness (QED) is 0.621. The number of carbonyl (C=O) groups is 2. The van der Waals surface area contributed by atoms with Gasteiger partial charge in [0.1, 0.15) is 6.10 Å². The van der Waals surface area contributed by atoms with E-state index in [2.05, 4.69) is 10.6 Å². The maximum Gasteiger partial charge on any atom is 0.321 e. The number of carbonyl (C=O) groups excluding carboxylic acids is 2. The molecule has 16 heavy (non-hydrogen) atoms. The lowest BCUT2D eigenvalue weighted by molar-refractivity contribution is -0.133. The van der Waals surface area contributed by atoms with Gasteiger partial charge in [0.05, 0.1) is 6.10 Å². The second kappa shape index (κ2) is 5.81. The van der Waals surface area contributed by atoms with Gasteiger partial charge < -0.3 is 15.8 Å². The number of imide groups is 1. The molecule has 3 atom stereocenters. The second-order valence-corrected chi connectivity index (χ2v) is 4.04. The molecule has 1 fully saturated rings. The van der Waals surface area contributed by atoms with Crippen molar-refractivity contribution in [3.05, 3.63) is 0 Å². The molecular formula is C10H19N3O3. The molecule has 0 aromatic rings. The van der Waals surface area contributed by atoms with Crippen LogP contribution in [-0.4, -0.2) is 37.2 Å². The lowest BCUT2D eigenvalue weighted by Gasteiger charge is -2.17. The molecule has 0 aliphatic heterocycles. The average Bonchev–Trinajstić information content (AvgIpc) is 2.63. The molecule has 0 aromatic heterocycles. The summed E-state index contributed by atoms with van der Waals surface area (Å²) >= 11 is 0. The van der Waals surface area contributed by atoms with Gasteiger partial charge in [-0.15, -0.1) is 0 Å². The van der Waals surface area contributed by atoms with Crippen molar-refractivity contribution >= 4 is 11.9 Å². The summed E-state index contributed by atoms with van der Waals surface area (Å²) in [7, 11) is 1.45. The van der Waals surface area contributed by atoms with Gasteiger partial charge in [-0.2, -0.15) is 0 Å². The maximum absolute atomic E-state index is 11.5.